The highest BCUT2D eigenvalue weighted by Crippen LogP contribution is 2.16. The molecule has 1 heterocycles. The number of alkyl halides is 1. The lowest BCUT2D eigenvalue weighted by Crippen LogP contribution is -2.36. The topological polar surface area (TPSA) is 20.3 Å². The van der Waals surface area contributed by atoms with E-state index in [9.17, 15) is 4.79 Å². The molecule has 0 spiro atoms. The average molecular weight is 308 g/mol. The minimum absolute atomic E-state index is 0.0511. The highest BCUT2D eigenvalue weighted by Gasteiger charge is 2.18. The number of carbonyl (C=O) groups is 1. The summed E-state index contributed by atoms with van der Waals surface area (Å²) in [6, 6.07) is 11.8. The summed E-state index contributed by atoms with van der Waals surface area (Å²) in [5.41, 5.74) is 1.73. The Balaban J connectivity index is 2.03. The molecule has 0 aliphatic carbocycles. The van der Waals surface area contributed by atoms with Crippen molar-refractivity contribution in [3.8, 4) is 0 Å². The van der Waals surface area contributed by atoms with Crippen molar-refractivity contribution in [3.63, 3.8) is 0 Å². The fourth-order valence-corrected chi connectivity index (χ4v) is 3.00. The molecule has 2 aromatic rings. The lowest BCUT2D eigenvalue weighted by atomic mass is 10.1. The quantitative estimate of drug-likeness (QED) is 0.758. The zero-order chi connectivity index (χ0) is 14.5. The van der Waals surface area contributed by atoms with Crippen molar-refractivity contribution in [2.75, 3.05) is 7.05 Å². The normalized spacial score (nSPS) is 12.2. The van der Waals surface area contributed by atoms with E-state index in [1.807, 2.05) is 37.4 Å². The van der Waals surface area contributed by atoms with Gasteiger partial charge in [0.05, 0.1) is 0 Å². The van der Waals surface area contributed by atoms with Crippen LogP contribution in [0.1, 0.15) is 27.7 Å². The minimum atomic E-state index is 0.0511. The Labute approximate surface area is 129 Å². The summed E-state index contributed by atoms with van der Waals surface area (Å²) in [6.45, 7) is 2.07. The standard InChI is InChI=1S/C16H18ClNOS/c1-12(10-15-4-3-9-20-15)18(2)16(19)14-7-5-13(11-17)6-8-14/h3-9,12H,10-11H2,1-2H3. The Morgan fingerprint density at radius 1 is 1.30 bits per heavy atom. The van der Waals surface area contributed by atoms with Gasteiger partial charge in [0.1, 0.15) is 0 Å². The van der Waals surface area contributed by atoms with E-state index in [1.54, 1.807) is 16.2 Å². The van der Waals surface area contributed by atoms with Crippen molar-refractivity contribution < 1.29 is 4.79 Å². The zero-order valence-electron chi connectivity index (χ0n) is 11.7. The molecule has 0 saturated heterocycles. The predicted molar refractivity (Wildman–Crippen MR) is 85.6 cm³/mol. The summed E-state index contributed by atoms with van der Waals surface area (Å²) in [6.07, 6.45) is 0.889. The van der Waals surface area contributed by atoms with Gasteiger partial charge in [0.2, 0.25) is 0 Å². The van der Waals surface area contributed by atoms with Crippen LogP contribution in [0.25, 0.3) is 0 Å². The number of halogens is 1. The molecule has 0 bridgehead atoms. The molecule has 1 aromatic carbocycles. The molecular formula is C16H18ClNOS. The molecule has 0 fully saturated rings. The van der Waals surface area contributed by atoms with Gasteiger partial charge in [0, 0.05) is 35.8 Å². The van der Waals surface area contributed by atoms with Crippen LogP contribution in [0.3, 0.4) is 0 Å². The fraction of sp³-hybridized carbons (Fsp3) is 0.312. The third kappa shape index (κ3) is 3.62. The van der Waals surface area contributed by atoms with E-state index in [0.29, 0.717) is 11.4 Å². The van der Waals surface area contributed by atoms with Crippen molar-refractivity contribution in [2.45, 2.75) is 25.3 Å². The van der Waals surface area contributed by atoms with Crippen LogP contribution in [0.5, 0.6) is 0 Å². The van der Waals surface area contributed by atoms with Crippen LogP contribution in [-0.4, -0.2) is 23.9 Å². The number of rotatable bonds is 5. The molecule has 0 radical (unpaired) electrons. The maximum absolute atomic E-state index is 12.4. The third-order valence-corrected chi connectivity index (χ3v) is 4.62. The molecule has 1 unspecified atom stereocenters. The molecule has 2 rings (SSSR count). The number of hydrogen-bond acceptors (Lipinski definition) is 2. The maximum atomic E-state index is 12.4. The maximum Gasteiger partial charge on any atom is 0.253 e. The molecular weight excluding hydrogens is 290 g/mol. The van der Waals surface area contributed by atoms with Crippen molar-refractivity contribution in [3.05, 3.63) is 57.8 Å². The van der Waals surface area contributed by atoms with E-state index < -0.39 is 0 Å². The summed E-state index contributed by atoms with van der Waals surface area (Å²) in [5, 5.41) is 2.06. The van der Waals surface area contributed by atoms with Crippen LogP contribution in [0, 0.1) is 0 Å². The lowest BCUT2D eigenvalue weighted by molar-refractivity contribution is 0.0744. The van der Waals surface area contributed by atoms with Gasteiger partial charge in [-0.25, -0.2) is 0 Å². The van der Waals surface area contributed by atoms with Crippen LogP contribution in [0.4, 0.5) is 0 Å². The second-order valence-electron chi connectivity index (χ2n) is 4.88. The second kappa shape index (κ2) is 6.91. The first kappa shape index (κ1) is 15.1. The van der Waals surface area contributed by atoms with Crippen molar-refractivity contribution >= 4 is 28.8 Å². The summed E-state index contributed by atoms with van der Waals surface area (Å²) in [5.74, 6) is 0.522. The highest BCUT2D eigenvalue weighted by atomic mass is 35.5. The molecule has 106 valence electrons. The highest BCUT2D eigenvalue weighted by molar-refractivity contribution is 7.09. The summed E-state index contributed by atoms with van der Waals surface area (Å²) in [7, 11) is 1.86. The van der Waals surface area contributed by atoms with Crippen LogP contribution < -0.4 is 0 Å². The molecule has 20 heavy (non-hydrogen) atoms. The smallest absolute Gasteiger partial charge is 0.253 e. The first-order valence-corrected chi connectivity index (χ1v) is 7.97. The van der Waals surface area contributed by atoms with E-state index in [4.69, 9.17) is 11.6 Å². The number of likely N-dealkylation sites (N-methyl/N-ethyl adjacent to an activating group) is 1. The summed E-state index contributed by atoms with van der Waals surface area (Å²) >= 11 is 7.49. The van der Waals surface area contributed by atoms with Crippen LogP contribution in [-0.2, 0) is 12.3 Å². The van der Waals surface area contributed by atoms with Gasteiger partial charge in [0.15, 0.2) is 0 Å². The Bertz CT molecular complexity index is 550. The number of benzene rings is 1. The van der Waals surface area contributed by atoms with Gasteiger partial charge < -0.3 is 4.90 Å². The monoisotopic (exact) mass is 307 g/mol. The number of amides is 1. The zero-order valence-corrected chi connectivity index (χ0v) is 13.2. The van der Waals surface area contributed by atoms with Gasteiger partial charge >= 0.3 is 0 Å². The van der Waals surface area contributed by atoms with Gasteiger partial charge in [0.25, 0.3) is 5.91 Å². The SMILES string of the molecule is CC(Cc1cccs1)N(C)C(=O)c1ccc(CCl)cc1. The molecule has 0 saturated carbocycles. The largest absolute Gasteiger partial charge is 0.339 e. The Kier molecular flexibility index (Phi) is 5.21. The number of thiophene rings is 1. The van der Waals surface area contributed by atoms with Crippen molar-refractivity contribution in [1.82, 2.24) is 4.90 Å². The Hall–Kier alpha value is -1.32. The number of nitrogens with zero attached hydrogens (tertiary/aromatic N) is 1. The predicted octanol–water partition coefficient (Wildman–Crippen LogP) is 4.19. The first-order valence-electron chi connectivity index (χ1n) is 6.56. The number of hydrogen-bond donors (Lipinski definition) is 0. The molecule has 0 aliphatic rings. The van der Waals surface area contributed by atoms with Gasteiger partial charge in [-0.15, -0.1) is 22.9 Å². The third-order valence-electron chi connectivity index (χ3n) is 3.41. The molecule has 4 heteroatoms. The molecule has 1 amide bonds. The number of carbonyl (C=O) groups excluding carboxylic acids is 1. The van der Waals surface area contributed by atoms with Gasteiger partial charge in [-0.2, -0.15) is 0 Å². The lowest BCUT2D eigenvalue weighted by Gasteiger charge is -2.24. The molecule has 2 nitrogen and oxygen atoms in total. The van der Waals surface area contributed by atoms with E-state index in [1.165, 1.54) is 4.88 Å². The van der Waals surface area contributed by atoms with Crippen LogP contribution in [0.2, 0.25) is 0 Å². The Morgan fingerprint density at radius 2 is 2.00 bits per heavy atom. The fourth-order valence-electron chi connectivity index (χ4n) is 2.00. The average Bonchev–Trinajstić information content (AvgIpc) is 2.98. The van der Waals surface area contributed by atoms with Crippen LogP contribution in [0.15, 0.2) is 41.8 Å². The van der Waals surface area contributed by atoms with Gasteiger partial charge in [-0.05, 0) is 36.1 Å². The van der Waals surface area contributed by atoms with Crippen LogP contribution >= 0.6 is 22.9 Å². The van der Waals surface area contributed by atoms with Crippen molar-refractivity contribution in [1.29, 1.82) is 0 Å². The Morgan fingerprint density at radius 3 is 2.55 bits per heavy atom. The summed E-state index contributed by atoms with van der Waals surface area (Å²) < 4.78 is 0. The van der Waals surface area contributed by atoms with E-state index in [-0.39, 0.29) is 11.9 Å². The molecule has 0 aliphatic heterocycles. The summed E-state index contributed by atoms with van der Waals surface area (Å²) in [4.78, 5) is 15.5. The van der Waals surface area contributed by atoms with E-state index in [0.717, 1.165) is 12.0 Å². The van der Waals surface area contributed by atoms with E-state index in [2.05, 4.69) is 18.4 Å². The molecule has 1 aromatic heterocycles. The van der Waals surface area contributed by atoms with Crippen molar-refractivity contribution in [2.24, 2.45) is 0 Å². The molecule has 1 atom stereocenters. The van der Waals surface area contributed by atoms with E-state index >= 15 is 0 Å². The minimum Gasteiger partial charge on any atom is -0.339 e. The first-order chi connectivity index (χ1) is 9.61. The van der Waals surface area contributed by atoms with Gasteiger partial charge in [-0.3, -0.25) is 4.79 Å². The van der Waals surface area contributed by atoms with Gasteiger partial charge in [-0.1, -0.05) is 18.2 Å². The molecule has 0 N–H and O–H groups in total. The second-order valence-corrected chi connectivity index (χ2v) is 6.18.